The fourth-order valence-electron chi connectivity index (χ4n) is 4.21. The van der Waals surface area contributed by atoms with E-state index in [1.165, 1.54) is 0 Å². The van der Waals surface area contributed by atoms with Crippen molar-refractivity contribution in [2.75, 3.05) is 26.4 Å². The van der Waals surface area contributed by atoms with Gasteiger partial charge in [0.1, 0.15) is 5.82 Å². The molecular formula is C24H29N7O3. The molecule has 10 nitrogen and oxygen atoms in total. The Kier molecular flexibility index (Phi) is 6.36. The second-order valence-electron chi connectivity index (χ2n) is 8.97. The molecule has 10 heteroatoms. The molecule has 4 heterocycles. The molecule has 0 amide bonds. The molecule has 0 saturated carbocycles. The van der Waals surface area contributed by atoms with E-state index in [0.717, 1.165) is 42.9 Å². The van der Waals surface area contributed by atoms with Gasteiger partial charge in [-0.25, -0.2) is 9.97 Å². The van der Waals surface area contributed by atoms with Crippen LogP contribution in [0.1, 0.15) is 49.7 Å². The quantitative estimate of drug-likeness (QED) is 0.424. The minimum atomic E-state index is -0.504. The molecule has 34 heavy (non-hydrogen) atoms. The van der Waals surface area contributed by atoms with Gasteiger partial charge in [0.25, 0.3) is 0 Å². The summed E-state index contributed by atoms with van der Waals surface area (Å²) >= 11 is 0. The highest BCUT2D eigenvalue weighted by Gasteiger charge is 2.21. The van der Waals surface area contributed by atoms with Gasteiger partial charge in [-0.15, -0.1) is 5.10 Å². The van der Waals surface area contributed by atoms with Crippen LogP contribution in [0.2, 0.25) is 0 Å². The fraction of sp³-hybridized carbons (Fsp3) is 0.458. The molecule has 0 unspecified atom stereocenters. The lowest BCUT2D eigenvalue weighted by molar-refractivity contribution is -0.0369. The number of aromatic nitrogens is 7. The monoisotopic (exact) mass is 463 g/mol. The third-order valence-electron chi connectivity index (χ3n) is 6.19. The van der Waals surface area contributed by atoms with Gasteiger partial charge < -0.3 is 14.6 Å². The molecule has 3 aromatic heterocycles. The standard InChI is InChI=1S/C24H29N7O3/c1-24(2,34-12-9-32)18-3-5-20(6-4-18)31-23-21(28-29-31)15-25-22(27-23)13-17-14-26-30(16-17)19-7-10-33-11-8-19/h3-6,14-16,19,32H,7-13H2,1-2H3. The summed E-state index contributed by atoms with van der Waals surface area (Å²) in [6.45, 7) is 5.80. The van der Waals surface area contributed by atoms with Crippen LogP contribution in [0.3, 0.4) is 0 Å². The normalized spacial score (nSPS) is 15.3. The average molecular weight is 464 g/mol. The molecule has 1 aromatic carbocycles. The van der Waals surface area contributed by atoms with Crippen LogP contribution in [0.15, 0.2) is 42.9 Å². The summed E-state index contributed by atoms with van der Waals surface area (Å²) in [7, 11) is 0. The van der Waals surface area contributed by atoms with E-state index in [2.05, 4.69) is 26.6 Å². The number of fused-ring (bicyclic) bond motifs is 1. The van der Waals surface area contributed by atoms with Crippen molar-refractivity contribution in [2.45, 2.75) is 44.8 Å². The van der Waals surface area contributed by atoms with Crippen molar-refractivity contribution in [1.82, 2.24) is 34.7 Å². The average Bonchev–Trinajstić information content (AvgIpc) is 3.50. The Balaban J connectivity index is 1.36. The second kappa shape index (κ2) is 9.57. The van der Waals surface area contributed by atoms with E-state index in [1.807, 2.05) is 49.0 Å². The van der Waals surface area contributed by atoms with Gasteiger partial charge in [-0.2, -0.15) is 9.78 Å². The summed E-state index contributed by atoms with van der Waals surface area (Å²) in [5.74, 6) is 0.692. The largest absolute Gasteiger partial charge is 0.394 e. The Morgan fingerprint density at radius 1 is 1.15 bits per heavy atom. The maximum atomic E-state index is 9.06. The maximum Gasteiger partial charge on any atom is 0.187 e. The van der Waals surface area contributed by atoms with Crippen LogP contribution in [0.25, 0.3) is 16.9 Å². The number of aliphatic hydroxyl groups excluding tert-OH is 1. The first kappa shape index (κ1) is 22.6. The van der Waals surface area contributed by atoms with Gasteiger partial charge in [-0.1, -0.05) is 17.3 Å². The van der Waals surface area contributed by atoms with Crippen molar-refractivity contribution in [1.29, 1.82) is 0 Å². The zero-order chi connectivity index (χ0) is 23.5. The first-order chi connectivity index (χ1) is 16.5. The van der Waals surface area contributed by atoms with Crippen LogP contribution in [-0.2, 0) is 21.5 Å². The summed E-state index contributed by atoms with van der Waals surface area (Å²) in [6, 6.07) is 8.30. The van der Waals surface area contributed by atoms with E-state index in [9.17, 15) is 0 Å². The first-order valence-corrected chi connectivity index (χ1v) is 11.6. The molecule has 178 valence electrons. The molecule has 1 saturated heterocycles. The van der Waals surface area contributed by atoms with Crippen LogP contribution in [0, 0.1) is 0 Å². The third-order valence-corrected chi connectivity index (χ3v) is 6.19. The second-order valence-corrected chi connectivity index (χ2v) is 8.97. The van der Waals surface area contributed by atoms with Crippen molar-refractivity contribution in [3.05, 3.63) is 59.8 Å². The lowest BCUT2D eigenvalue weighted by Crippen LogP contribution is -2.23. The maximum absolute atomic E-state index is 9.06. The van der Waals surface area contributed by atoms with Crippen molar-refractivity contribution >= 4 is 11.2 Å². The Morgan fingerprint density at radius 3 is 2.71 bits per heavy atom. The molecule has 1 aliphatic rings. The molecule has 0 aliphatic carbocycles. The first-order valence-electron chi connectivity index (χ1n) is 11.6. The Hall–Kier alpha value is -3.21. The van der Waals surface area contributed by atoms with Crippen LogP contribution in [0.4, 0.5) is 0 Å². The van der Waals surface area contributed by atoms with Crippen molar-refractivity contribution in [3.8, 4) is 5.69 Å². The fourth-order valence-corrected chi connectivity index (χ4v) is 4.21. The number of benzene rings is 1. The van der Waals surface area contributed by atoms with Crippen molar-refractivity contribution < 1.29 is 14.6 Å². The molecule has 1 fully saturated rings. The molecule has 5 rings (SSSR count). The van der Waals surface area contributed by atoms with Crippen LogP contribution in [0.5, 0.6) is 0 Å². The number of aliphatic hydroxyl groups is 1. The predicted molar refractivity (Wildman–Crippen MR) is 125 cm³/mol. The number of hydrogen-bond donors (Lipinski definition) is 1. The minimum absolute atomic E-state index is 0.00910. The number of nitrogens with zero attached hydrogens (tertiary/aromatic N) is 7. The molecule has 0 atom stereocenters. The molecule has 1 aliphatic heterocycles. The van der Waals surface area contributed by atoms with E-state index in [0.29, 0.717) is 29.5 Å². The van der Waals surface area contributed by atoms with Crippen LogP contribution < -0.4 is 0 Å². The summed E-state index contributed by atoms with van der Waals surface area (Å²) < 4.78 is 15.0. The topological polar surface area (TPSA) is 113 Å². The predicted octanol–water partition coefficient (Wildman–Crippen LogP) is 2.59. The van der Waals surface area contributed by atoms with E-state index >= 15 is 0 Å². The lowest BCUT2D eigenvalue weighted by atomic mass is 9.98. The Morgan fingerprint density at radius 2 is 1.94 bits per heavy atom. The highest BCUT2D eigenvalue weighted by atomic mass is 16.5. The van der Waals surface area contributed by atoms with E-state index in [-0.39, 0.29) is 13.2 Å². The smallest absolute Gasteiger partial charge is 0.187 e. The van der Waals surface area contributed by atoms with E-state index in [1.54, 1.807) is 10.9 Å². The molecule has 1 N–H and O–H groups in total. The van der Waals surface area contributed by atoms with Gasteiger partial charge in [-0.05, 0) is 49.9 Å². The van der Waals surface area contributed by atoms with Gasteiger partial charge in [0, 0.05) is 25.8 Å². The summed E-state index contributed by atoms with van der Waals surface area (Å²) in [5, 5.41) is 22.1. The van der Waals surface area contributed by atoms with Gasteiger partial charge >= 0.3 is 0 Å². The lowest BCUT2D eigenvalue weighted by Gasteiger charge is -2.25. The van der Waals surface area contributed by atoms with E-state index in [4.69, 9.17) is 19.6 Å². The number of ether oxygens (including phenoxy) is 2. The molecule has 0 bridgehead atoms. The third kappa shape index (κ3) is 4.70. The van der Waals surface area contributed by atoms with Gasteiger partial charge in [0.05, 0.1) is 42.9 Å². The molecule has 4 aromatic rings. The molecular weight excluding hydrogens is 434 g/mol. The Bertz CT molecular complexity index is 1240. The Labute approximate surface area is 197 Å². The SMILES string of the molecule is CC(C)(OCCO)c1ccc(-n2nnc3cnc(Cc4cnn(C5CCOCC5)c4)nc32)cc1. The highest BCUT2D eigenvalue weighted by molar-refractivity contribution is 5.70. The van der Waals surface area contributed by atoms with Gasteiger partial charge in [0.2, 0.25) is 0 Å². The summed E-state index contributed by atoms with van der Waals surface area (Å²) in [5.41, 5.74) is 3.71. The minimum Gasteiger partial charge on any atom is -0.394 e. The van der Waals surface area contributed by atoms with Crippen molar-refractivity contribution in [3.63, 3.8) is 0 Å². The number of rotatable bonds is 8. The van der Waals surface area contributed by atoms with Crippen LogP contribution >= 0.6 is 0 Å². The zero-order valence-electron chi connectivity index (χ0n) is 19.5. The van der Waals surface area contributed by atoms with Crippen molar-refractivity contribution in [2.24, 2.45) is 0 Å². The van der Waals surface area contributed by atoms with Gasteiger partial charge in [-0.3, -0.25) is 4.68 Å². The zero-order valence-corrected chi connectivity index (χ0v) is 19.5. The highest BCUT2D eigenvalue weighted by Crippen LogP contribution is 2.26. The molecule has 0 spiro atoms. The number of hydrogen-bond acceptors (Lipinski definition) is 8. The molecule has 0 radical (unpaired) electrons. The summed E-state index contributed by atoms with van der Waals surface area (Å²) in [6.07, 6.45) is 8.23. The summed E-state index contributed by atoms with van der Waals surface area (Å²) in [4.78, 5) is 9.24. The van der Waals surface area contributed by atoms with Gasteiger partial charge in [0.15, 0.2) is 11.2 Å². The van der Waals surface area contributed by atoms with Crippen LogP contribution in [-0.4, -0.2) is 66.3 Å². The van der Waals surface area contributed by atoms with E-state index < -0.39 is 5.60 Å².